The van der Waals surface area contributed by atoms with Gasteiger partial charge in [0.25, 0.3) is 0 Å². The van der Waals surface area contributed by atoms with E-state index in [4.69, 9.17) is 14.0 Å². The summed E-state index contributed by atoms with van der Waals surface area (Å²) >= 11 is 0. The second-order valence-electron chi connectivity index (χ2n) is 1.16. The van der Waals surface area contributed by atoms with Crippen molar-refractivity contribution in [1.29, 1.82) is 0 Å². The maximum absolute atomic E-state index is 10.3. The van der Waals surface area contributed by atoms with Gasteiger partial charge in [-0.05, 0) is 23.0 Å². The summed E-state index contributed by atoms with van der Waals surface area (Å²) in [5, 5.41) is 0. The molecule has 1 N–H and O–H groups in total. The van der Waals surface area contributed by atoms with Crippen LogP contribution in [-0.2, 0) is 13.7 Å². The fourth-order valence-corrected chi connectivity index (χ4v) is 0.706. The molecule has 0 aliphatic heterocycles. The van der Waals surface area contributed by atoms with Gasteiger partial charge < -0.3 is 0 Å². The van der Waals surface area contributed by atoms with Gasteiger partial charge in [0, 0.05) is 41.7 Å². The van der Waals surface area contributed by atoms with Crippen LogP contribution in [0.1, 0.15) is 13.8 Å². The van der Waals surface area contributed by atoms with E-state index < -0.39 is 16.7 Å². The molecule has 0 radical (unpaired) electrons. The van der Waals surface area contributed by atoms with E-state index in [-0.39, 0.29) is 41.7 Å². The number of hydrogen-bond acceptors (Lipinski definition) is 3. The maximum atomic E-state index is 10.3. The Morgan fingerprint density at radius 1 is 1.55 bits per heavy atom. The van der Waals surface area contributed by atoms with E-state index in [1.807, 2.05) is 13.8 Å². The Bertz CT molecular complexity index is 100. The Morgan fingerprint density at radius 3 is 2.00 bits per heavy atom. The third-order valence-corrected chi connectivity index (χ3v) is 1.59. The predicted molar refractivity (Wildman–Crippen MR) is 41.0 cm³/mol. The van der Waals surface area contributed by atoms with Crippen LogP contribution in [0, 0.1) is 41.7 Å². The van der Waals surface area contributed by atoms with Crippen LogP contribution in [0.3, 0.4) is 0 Å². The average molecular weight is 326 g/mol. The smallest absolute Gasteiger partial charge is 0.162 e. The van der Waals surface area contributed by atoms with Gasteiger partial charge in [0.15, 0.2) is 6.16 Å². The van der Waals surface area contributed by atoms with Crippen molar-refractivity contribution >= 4 is 16.7 Å². The number of rotatable bonds is 3. The molecule has 7 heteroatoms. The molecule has 0 spiro atoms. The van der Waals surface area contributed by atoms with E-state index in [1.165, 1.54) is 0 Å². The quantitative estimate of drug-likeness (QED) is 0.802. The normalized spacial score (nSPS) is 9.18. The zero-order chi connectivity index (χ0) is 8.41. The van der Waals surface area contributed by atoms with Gasteiger partial charge in [-0.25, -0.2) is 0 Å². The van der Waals surface area contributed by atoms with Gasteiger partial charge in [-0.2, -0.15) is 4.89 Å². The Morgan fingerprint density at radius 2 is 1.91 bits per heavy atom. The van der Waals surface area contributed by atoms with Crippen molar-refractivity contribution in [3.05, 3.63) is 0 Å². The third-order valence-electron chi connectivity index (χ3n) is 0.531. The molecular weight excluding hydrogens is 314 g/mol. The van der Waals surface area contributed by atoms with Gasteiger partial charge in [-0.3, -0.25) is 0 Å². The molecule has 0 aromatic carbocycles. The summed E-state index contributed by atoms with van der Waals surface area (Å²) in [6.07, 6.45) is 0.628. The standard InChI is InChI=1S/C4H10O2P.Ce.HO2P/c1-3-6-7(5)4-2;;1-3-2/h3-4H2,1-2H3;;3H/q+1;;/p+1. The van der Waals surface area contributed by atoms with Gasteiger partial charge in [0.1, 0.15) is 0 Å². The summed E-state index contributed by atoms with van der Waals surface area (Å²) in [6, 6.07) is 0. The molecule has 0 aliphatic carbocycles. The second kappa shape index (κ2) is 17.5. The zero-order valence-electron chi connectivity index (χ0n) is 6.53. The molecule has 2 unspecified atom stereocenters. The molecule has 0 amide bonds. The van der Waals surface area contributed by atoms with Crippen LogP contribution in [0.25, 0.3) is 0 Å². The van der Waals surface area contributed by atoms with Crippen LogP contribution in [0.2, 0.25) is 0 Å². The molecular formula is C4H12CeO4P2+2. The second-order valence-corrected chi connectivity index (χ2v) is 2.90. The molecule has 0 aromatic rings. The summed E-state index contributed by atoms with van der Waals surface area (Å²) in [7, 11) is -2.50. The Labute approximate surface area is 103 Å². The predicted octanol–water partition coefficient (Wildman–Crippen LogP) is 1.70. The van der Waals surface area contributed by atoms with Crippen LogP contribution < -0.4 is 0 Å². The van der Waals surface area contributed by atoms with Crippen molar-refractivity contribution in [2.75, 3.05) is 12.8 Å². The van der Waals surface area contributed by atoms with Crippen LogP contribution >= 0.6 is 16.7 Å². The van der Waals surface area contributed by atoms with Crippen LogP contribution in [0.5, 0.6) is 0 Å². The minimum atomic E-state index is -1.33. The topological polar surface area (TPSA) is 63.6 Å². The summed E-state index contributed by atoms with van der Waals surface area (Å²) in [4.78, 5) is 7.04. The molecule has 0 bridgehead atoms. The van der Waals surface area contributed by atoms with Gasteiger partial charge in [0.05, 0.1) is 6.61 Å². The summed E-state index contributed by atoms with van der Waals surface area (Å²) in [6.45, 7) is 4.24. The Kier molecular flexibility index (Phi) is 29.2. The maximum Gasteiger partial charge on any atom is 0.507 e. The first-order valence-electron chi connectivity index (χ1n) is 2.81. The van der Waals surface area contributed by atoms with Gasteiger partial charge in [0.2, 0.25) is 0 Å². The van der Waals surface area contributed by atoms with E-state index in [0.29, 0.717) is 12.8 Å². The zero-order valence-corrected chi connectivity index (χ0v) is 11.6. The van der Waals surface area contributed by atoms with E-state index in [0.717, 1.165) is 0 Å². The average Bonchev–Trinajstić information content (AvgIpc) is 1.90. The largest absolute Gasteiger partial charge is 0.507 e. The molecule has 0 heterocycles. The van der Waals surface area contributed by atoms with Gasteiger partial charge in [-0.1, -0.05) is 0 Å². The molecule has 64 valence electrons. The summed E-state index contributed by atoms with van der Waals surface area (Å²) in [5.41, 5.74) is 0. The first-order valence-corrected chi connectivity index (χ1v) is 5.03. The molecule has 11 heavy (non-hydrogen) atoms. The first kappa shape index (κ1) is 18.3. The van der Waals surface area contributed by atoms with Crippen molar-refractivity contribution < 1.29 is 60.3 Å². The first-order chi connectivity index (χ1) is 4.72. The fraction of sp³-hybridized carbons (Fsp3) is 1.00. The van der Waals surface area contributed by atoms with Crippen molar-refractivity contribution in [3.8, 4) is 0 Å². The fourth-order valence-electron chi connectivity index (χ4n) is 0.235. The minimum absolute atomic E-state index is 0. The summed E-state index contributed by atoms with van der Waals surface area (Å²) in [5.74, 6) is 0. The molecule has 4 nitrogen and oxygen atoms in total. The molecule has 0 aliphatic rings. The molecule has 0 aromatic heterocycles. The number of hydrogen-bond donors (Lipinski definition) is 1. The monoisotopic (exact) mass is 326 g/mol. The molecule has 2 atom stereocenters. The molecule has 0 saturated heterocycles. The van der Waals surface area contributed by atoms with E-state index in [2.05, 4.69) is 0 Å². The van der Waals surface area contributed by atoms with Crippen molar-refractivity contribution in [1.82, 2.24) is 0 Å². The Hall–Kier alpha value is 1.50. The van der Waals surface area contributed by atoms with E-state index in [1.54, 1.807) is 0 Å². The van der Waals surface area contributed by atoms with Crippen molar-refractivity contribution in [2.45, 2.75) is 13.8 Å². The van der Waals surface area contributed by atoms with E-state index >= 15 is 0 Å². The third kappa shape index (κ3) is 24.6. The molecule has 0 rings (SSSR count). The van der Waals surface area contributed by atoms with Crippen LogP contribution in [0.15, 0.2) is 0 Å². The van der Waals surface area contributed by atoms with Crippen LogP contribution in [0.4, 0.5) is 0 Å². The summed E-state index contributed by atoms with van der Waals surface area (Å²) < 4.78 is 23.6. The van der Waals surface area contributed by atoms with E-state index in [9.17, 15) is 4.57 Å². The van der Waals surface area contributed by atoms with Gasteiger partial charge in [-0.15, -0.1) is 4.52 Å². The van der Waals surface area contributed by atoms with Crippen LogP contribution in [-0.4, -0.2) is 17.7 Å². The SMILES string of the molecule is CCO[P+](=O)CC.O=[PH+]O.[Ce]. The van der Waals surface area contributed by atoms with Crippen molar-refractivity contribution in [2.24, 2.45) is 0 Å². The van der Waals surface area contributed by atoms with Crippen molar-refractivity contribution in [3.63, 3.8) is 0 Å². The Balaban J connectivity index is -0.000000140. The molecule has 0 saturated carbocycles. The molecule has 0 fully saturated rings. The van der Waals surface area contributed by atoms with Gasteiger partial charge >= 0.3 is 16.7 Å². The minimum Gasteiger partial charge on any atom is -0.162 e.